The Morgan fingerprint density at radius 2 is 1.86 bits per heavy atom. The zero-order valence-electron chi connectivity index (χ0n) is 13.0. The van der Waals surface area contributed by atoms with Gasteiger partial charge in [0.2, 0.25) is 0 Å². The van der Waals surface area contributed by atoms with Crippen LogP contribution in [0.4, 0.5) is 5.69 Å². The molecule has 0 saturated heterocycles. The Kier molecular flexibility index (Phi) is 4.86. The van der Waals surface area contributed by atoms with E-state index in [-0.39, 0.29) is 6.04 Å². The molecular formula is C17H22ClN3. The van der Waals surface area contributed by atoms with Gasteiger partial charge in [-0.1, -0.05) is 23.7 Å². The second kappa shape index (κ2) is 6.46. The van der Waals surface area contributed by atoms with Crippen LogP contribution >= 0.6 is 11.6 Å². The van der Waals surface area contributed by atoms with E-state index in [4.69, 9.17) is 17.3 Å². The highest BCUT2D eigenvalue weighted by Crippen LogP contribution is 2.30. The topological polar surface area (TPSA) is 42.1 Å². The number of pyridine rings is 1. The van der Waals surface area contributed by atoms with Gasteiger partial charge >= 0.3 is 0 Å². The average Bonchev–Trinajstić information content (AvgIpc) is 2.46. The molecule has 0 radical (unpaired) electrons. The minimum Gasteiger partial charge on any atom is -0.367 e. The molecule has 0 bridgehead atoms. The molecule has 2 N–H and O–H groups in total. The number of hydrogen-bond acceptors (Lipinski definition) is 3. The molecule has 1 atom stereocenters. The van der Waals surface area contributed by atoms with Crippen LogP contribution in [0.2, 0.25) is 5.02 Å². The van der Waals surface area contributed by atoms with Crippen molar-refractivity contribution < 1.29 is 0 Å². The highest BCUT2D eigenvalue weighted by atomic mass is 35.5. The fourth-order valence-corrected chi connectivity index (χ4v) is 2.70. The Morgan fingerprint density at radius 3 is 2.43 bits per heavy atom. The minimum absolute atomic E-state index is 0.230. The number of anilines is 1. The SMILES string of the molecule is Cc1cc(N(C)C(C)c2ccc(Cl)cc2)c(CN)c(C)n1. The van der Waals surface area contributed by atoms with Crippen LogP contribution in [-0.4, -0.2) is 12.0 Å². The molecule has 0 spiro atoms. The van der Waals surface area contributed by atoms with Gasteiger partial charge in [0.05, 0.1) is 6.04 Å². The Balaban J connectivity index is 2.39. The van der Waals surface area contributed by atoms with E-state index < -0.39 is 0 Å². The van der Waals surface area contributed by atoms with Crippen molar-refractivity contribution in [1.29, 1.82) is 0 Å². The molecule has 4 heteroatoms. The van der Waals surface area contributed by atoms with Crippen molar-refractivity contribution in [2.45, 2.75) is 33.4 Å². The molecular weight excluding hydrogens is 282 g/mol. The van der Waals surface area contributed by atoms with E-state index in [9.17, 15) is 0 Å². The third kappa shape index (κ3) is 3.36. The lowest BCUT2D eigenvalue weighted by molar-refractivity contribution is 0.731. The quantitative estimate of drug-likeness (QED) is 0.928. The van der Waals surface area contributed by atoms with Crippen LogP contribution < -0.4 is 10.6 Å². The molecule has 0 aliphatic rings. The molecule has 2 rings (SSSR count). The van der Waals surface area contributed by atoms with Gasteiger partial charge in [-0.2, -0.15) is 0 Å². The van der Waals surface area contributed by atoms with Gasteiger partial charge in [0, 0.05) is 41.3 Å². The van der Waals surface area contributed by atoms with E-state index in [0.29, 0.717) is 6.54 Å². The third-order valence-corrected chi connectivity index (χ3v) is 4.21. The molecule has 0 fully saturated rings. The van der Waals surface area contributed by atoms with Crippen LogP contribution in [0, 0.1) is 13.8 Å². The number of aryl methyl sites for hydroxylation is 2. The molecule has 0 aliphatic carbocycles. The molecule has 1 aromatic carbocycles. The number of hydrogen-bond donors (Lipinski definition) is 1. The van der Waals surface area contributed by atoms with Gasteiger partial charge in [0.25, 0.3) is 0 Å². The van der Waals surface area contributed by atoms with Crippen molar-refractivity contribution in [3.63, 3.8) is 0 Å². The van der Waals surface area contributed by atoms with Crippen molar-refractivity contribution in [2.24, 2.45) is 5.73 Å². The maximum Gasteiger partial charge on any atom is 0.0511 e. The number of halogens is 1. The summed E-state index contributed by atoms with van der Waals surface area (Å²) < 4.78 is 0. The lowest BCUT2D eigenvalue weighted by atomic mass is 10.0. The van der Waals surface area contributed by atoms with E-state index >= 15 is 0 Å². The molecule has 0 saturated carbocycles. The van der Waals surface area contributed by atoms with Gasteiger partial charge in [-0.05, 0) is 44.5 Å². The summed E-state index contributed by atoms with van der Waals surface area (Å²) in [4.78, 5) is 6.75. The van der Waals surface area contributed by atoms with Gasteiger partial charge in [0.15, 0.2) is 0 Å². The summed E-state index contributed by atoms with van der Waals surface area (Å²) in [6.45, 7) is 6.69. The van der Waals surface area contributed by atoms with Crippen LogP contribution in [0.5, 0.6) is 0 Å². The van der Waals surface area contributed by atoms with Gasteiger partial charge in [0.1, 0.15) is 0 Å². The van der Waals surface area contributed by atoms with Crippen molar-refractivity contribution in [1.82, 2.24) is 4.98 Å². The van der Waals surface area contributed by atoms with Crippen molar-refractivity contribution in [3.05, 3.63) is 57.9 Å². The first-order valence-electron chi connectivity index (χ1n) is 7.09. The van der Waals surface area contributed by atoms with Crippen molar-refractivity contribution in [3.8, 4) is 0 Å². The molecule has 1 heterocycles. The Morgan fingerprint density at radius 1 is 1.24 bits per heavy atom. The molecule has 112 valence electrons. The third-order valence-electron chi connectivity index (χ3n) is 3.95. The average molecular weight is 304 g/mol. The summed E-state index contributed by atoms with van der Waals surface area (Å²) >= 11 is 5.96. The summed E-state index contributed by atoms with van der Waals surface area (Å²) in [6.07, 6.45) is 0. The molecule has 1 unspecified atom stereocenters. The lowest BCUT2D eigenvalue weighted by Crippen LogP contribution is -2.24. The number of rotatable bonds is 4. The molecule has 2 aromatic rings. The maximum atomic E-state index is 5.96. The van der Waals surface area contributed by atoms with Gasteiger partial charge in [-0.15, -0.1) is 0 Å². The first kappa shape index (κ1) is 15.8. The second-order valence-corrected chi connectivity index (χ2v) is 5.83. The van der Waals surface area contributed by atoms with E-state index in [1.807, 2.05) is 26.0 Å². The largest absolute Gasteiger partial charge is 0.367 e. The number of nitrogens with two attached hydrogens (primary N) is 1. The van der Waals surface area contributed by atoms with E-state index in [1.54, 1.807) is 0 Å². The summed E-state index contributed by atoms with van der Waals surface area (Å²) in [5.74, 6) is 0. The minimum atomic E-state index is 0.230. The normalized spacial score (nSPS) is 12.3. The molecule has 0 aliphatic heterocycles. The van der Waals surface area contributed by atoms with Crippen LogP contribution in [-0.2, 0) is 6.54 Å². The van der Waals surface area contributed by atoms with Crippen LogP contribution in [0.1, 0.15) is 35.5 Å². The first-order chi connectivity index (χ1) is 9.93. The number of benzene rings is 1. The molecule has 1 aromatic heterocycles. The maximum absolute atomic E-state index is 5.96. The second-order valence-electron chi connectivity index (χ2n) is 5.39. The standard InChI is InChI=1S/C17H22ClN3/c1-11-9-17(16(10-19)12(2)20-11)21(4)13(3)14-5-7-15(18)8-6-14/h5-9,13H,10,19H2,1-4H3. The summed E-state index contributed by atoms with van der Waals surface area (Å²) in [7, 11) is 2.09. The van der Waals surface area contributed by atoms with E-state index in [0.717, 1.165) is 27.7 Å². The van der Waals surface area contributed by atoms with Gasteiger partial charge in [-0.3, -0.25) is 4.98 Å². The smallest absolute Gasteiger partial charge is 0.0511 e. The van der Waals surface area contributed by atoms with Crippen LogP contribution in [0.3, 0.4) is 0 Å². The highest BCUT2D eigenvalue weighted by Gasteiger charge is 2.17. The van der Waals surface area contributed by atoms with E-state index in [1.165, 1.54) is 5.56 Å². The molecule has 3 nitrogen and oxygen atoms in total. The predicted octanol–water partition coefficient (Wildman–Crippen LogP) is 4.01. The monoisotopic (exact) mass is 303 g/mol. The first-order valence-corrected chi connectivity index (χ1v) is 7.47. The summed E-state index contributed by atoms with van der Waals surface area (Å²) in [5, 5.41) is 0.756. The zero-order valence-corrected chi connectivity index (χ0v) is 13.8. The Labute approximate surface area is 131 Å². The Hall–Kier alpha value is -1.58. The van der Waals surface area contributed by atoms with Gasteiger partial charge < -0.3 is 10.6 Å². The van der Waals surface area contributed by atoms with Crippen molar-refractivity contribution in [2.75, 3.05) is 11.9 Å². The molecule has 21 heavy (non-hydrogen) atoms. The fourth-order valence-electron chi connectivity index (χ4n) is 2.58. The molecule has 0 amide bonds. The zero-order chi connectivity index (χ0) is 15.6. The summed E-state index contributed by atoms with van der Waals surface area (Å²) in [5.41, 5.74) is 11.4. The number of aromatic nitrogens is 1. The van der Waals surface area contributed by atoms with Crippen molar-refractivity contribution >= 4 is 17.3 Å². The van der Waals surface area contributed by atoms with Crippen LogP contribution in [0.25, 0.3) is 0 Å². The predicted molar refractivity (Wildman–Crippen MR) is 89.9 cm³/mol. The van der Waals surface area contributed by atoms with Gasteiger partial charge in [-0.25, -0.2) is 0 Å². The van der Waals surface area contributed by atoms with Crippen LogP contribution in [0.15, 0.2) is 30.3 Å². The van der Waals surface area contributed by atoms with E-state index in [2.05, 4.69) is 42.1 Å². The summed E-state index contributed by atoms with van der Waals surface area (Å²) in [6, 6.07) is 10.3. The lowest BCUT2D eigenvalue weighted by Gasteiger charge is -2.30. The number of nitrogens with zero attached hydrogens (tertiary/aromatic N) is 2. The Bertz CT molecular complexity index is 623. The highest BCUT2D eigenvalue weighted by molar-refractivity contribution is 6.30. The fraction of sp³-hybridized carbons (Fsp3) is 0.353.